The van der Waals surface area contributed by atoms with Crippen molar-refractivity contribution in [3.63, 3.8) is 0 Å². The third-order valence-electron chi connectivity index (χ3n) is 6.20. The summed E-state index contributed by atoms with van der Waals surface area (Å²) in [7, 11) is 0. The van der Waals surface area contributed by atoms with Gasteiger partial charge in [0.15, 0.2) is 0 Å². The van der Waals surface area contributed by atoms with Crippen molar-refractivity contribution in [2.45, 2.75) is 45.4 Å². The van der Waals surface area contributed by atoms with Crippen molar-refractivity contribution >= 4 is 17.5 Å². The predicted molar refractivity (Wildman–Crippen MR) is 124 cm³/mol. The minimum Gasteiger partial charge on any atom is -0.490 e. The number of aryl methyl sites for hydroxylation is 1. The maximum Gasteiger partial charge on any atom is 0.336 e. The van der Waals surface area contributed by atoms with Gasteiger partial charge in [0.25, 0.3) is 0 Å². The molecule has 1 saturated carbocycles. The second-order valence-electron chi connectivity index (χ2n) is 8.27. The average Bonchev–Trinajstić information content (AvgIpc) is 2.82. The Hall–Kier alpha value is -3.21. The fourth-order valence-corrected chi connectivity index (χ4v) is 4.59. The Balaban J connectivity index is 1.56. The van der Waals surface area contributed by atoms with E-state index in [1.165, 1.54) is 5.56 Å². The number of esters is 1. The quantitative estimate of drug-likeness (QED) is 0.454. The zero-order valence-corrected chi connectivity index (χ0v) is 18.7. The smallest absolute Gasteiger partial charge is 0.336 e. The second kappa shape index (κ2) is 9.94. The molecule has 2 aliphatic rings. The highest BCUT2D eigenvalue weighted by atomic mass is 16.6. The van der Waals surface area contributed by atoms with Crippen LogP contribution in [0.15, 0.2) is 70.9 Å². The van der Waals surface area contributed by atoms with Gasteiger partial charge in [0.1, 0.15) is 24.7 Å². The van der Waals surface area contributed by atoms with Gasteiger partial charge in [-0.25, -0.2) is 4.79 Å². The molecule has 1 heterocycles. The molecule has 0 N–H and O–H groups in total. The molecule has 5 heteroatoms. The largest absolute Gasteiger partial charge is 0.490 e. The standard InChI is InChI=1S/C27H29NO4/c1-3-19-12-14-20(15-13-19)25-24(18(2)28-22-10-7-11-23(29)26(22)25)27(30)32-17-16-31-21-8-5-4-6-9-21/h4-6,8-9,12-15,25-26H,3,7,10-11,16-17H2,1-2H3/t25-,26?/m1/s1. The first kappa shape index (κ1) is 22.0. The molecule has 4 rings (SSSR count). The molecule has 2 aromatic rings. The van der Waals surface area contributed by atoms with Crippen molar-refractivity contribution in [3.05, 3.63) is 77.0 Å². The van der Waals surface area contributed by atoms with Gasteiger partial charge in [-0.05, 0) is 49.4 Å². The molecule has 5 nitrogen and oxygen atoms in total. The lowest BCUT2D eigenvalue weighted by atomic mass is 9.69. The van der Waals surface area contributed by atoms with E-state index in [9.17, 15) is 9.59 Å². The Morgan fingerprint density at radius 2 is 1.75 bits per heavy atom. The molecule has 0 aromatic heterocycles. The van der Waals surface area contributed by atoms with Crippen molar-refractivity contribution in [2.24, 2.45) is 10.9 Å². The number of carbonyl (C=O) groups excluding carboxylic acids is 2. The van der Waals surface area contributed by atoms with E-state index in [1.54, 1.807) is 0 Å². The number of Topliss-reactive ketones (excluding diaryl/α,β-unsaturated/α-hetero) is 1. The van der Waals surface area contributed by atoms with E-state index in [-0.39, 0.29) is 30.8 Å². The number of hydrogen-bond acceptors (Lipinski definition) is 5. The number of fused-ring (bicyclic) bond motifs is 1. The number of aliphatic imine (C=N–C) groups is 1. The van der Waals surface area contributed by atoms with E-state index in [2.05, 4.69) is 24.0 Å². The van der Waals surface area contributed by atoms with E-state index in [4.69, 9.17) is 9.47 Å². The molecular weight excluding hydrogens is 402 g/mol. The molecule has 1 aliphatic carbocycles. The number of nitrogens with zero attached hydrogens (tertiary/aromatic N) is 1. The summed E-state index contributed by atoms with van der Waals surface area (Å²) in [4.78, 5) is 30.8. The fraction of sp³-hybridized carbons (Fsp3) is 0.370. The van der Waals surface area contributed by atoms with Crippen LogP contribution in [-0.4, -0.2) is 30.7 Å². The van der Waals surface area contributed by atoms with Crippen LogP contribution in [0.4, 0.5) is 0 Å². The van der Waals surface area contributed by atoms with Crippen molar-refractivity contribution < 1.29 is 19.1 Å². The summed E-state index contributed by atoms with van der Waals surface area (Å²) in [5.74, 6) is -0.283. The molecule has 0 saturated heterocycles. The molecule has 2 atom stereocenters. The third-order valence-corrected chi connectivity index (χ3v) is 6.20. The first-order valence-electron chi connectivity index (χ1n) is 11.3. The SMILES string of the molecule is CCc1ccc([C@@H]2C(C(=O)OCCOc3ccccc3)=C(C)N=C3CCCC(=O)C32)cc1. The predicted octanol–water partition coefficient (Wildman–Crippen LogP) is 5.05. The minimum absolute atomic E-state index is 0.126. The lowest BCUT2D eigenvalue weighted by Gasteiger charge is -2.35. The van der Waals surface area contributed by atoms with Crippen LogP contribution in [0.2, 0.25) is 0 Å². The number of carbonyl (C=O) groups is 2. The Kier molecular flexibility index (Phi) is 6.84. The average molecular weight is 432 g/mol. The summed E-state index contributed by atoms with van der Waals surface area (Å²) >= 11 is 0. The number of ketones is 1. The summed E-state index contributed by atoms with van der Waals surface area (Å²) < 4.78 is 11.2. The number of benzene rings is 2. The molecule has 32 heavy (non-hydrogen) atoms. The van der Waals surface area contributed by atoms with Crippen LogP contribution in [0.1, 0.15) is 50.2 Å². The summed E-state index contributed by atoms with van der Waals surface area (Å²) in [6, 6.07) is 17.6. The van der Waals surface area contributed by atoms with Crippen molar-refractivity contribution in [3.8, 4) is 5.75 Å². The Labute approximate surface area is 189 Å². The van der Waals surface area contributed by atoms with Crippen molar-refractivity contribution in [2.75, 3.05) is 13.2 Å². The highest BCUT2D eigenvalue weighted by Crippen LogP contribution is 2.43. The maximum atomic E-state index is 13.2. The number of ether oxygens (including phenoxy) is 2. The van der Waals surface area contributed by atoms with Gasteiger partial charge in [0, 0.05) is 23.7 Å². The molecule has 1 aliphatic heterocycles. The van der Waals surface area contributed by atoms with Crippen LogP contribution in [0.25, 0.3) is 0 Å². The molecule has 1 unspecified atom stereocenters. The van der Waals surface area contributed by atoms with Crippen molar-refractivity contribution in [1.29, 1.82) is 0 Å². The van der Waals surface area contributed by atoms with E-state index < -0.39 is 5.97 Å². The first-order valence-corrected chi connectivity index (χ1v) is 11.3. The molecule has 0 bridgehead atoms. The molecule has 0 amide bonds. The van der Waals surface area contributed by atoms with Crippen LogP contribution in [-0.2, 0) is 20.7 Å². The van der Waals surface area contributed by atoms with Gasteiger partial charge in [-0.1, -0.05) is 49.4 Å². The number of hydrogen-bond donors (Lipinski definition) is 0. The summed E-state index contributed by atoms with van der Waals surface area (Å²) in [6.07, 6.45) is 3.08. The zero-order valence-electron chi connectivity index (χ0n) is 18.7. The van der Waals surface area contributed by atoms with E-state index in [0.717, 1.165) is 36.3 Å². The molecule has 0 spiro atoms. The first-order chi connectivity index (χ1) is 15.6. The van der Waals surface area contributed by atoms with E-state index in [1.807, 2.05) is 49.4 Å². The van der Waals surface area contributed by atoms with E-state index >= 15 is 0 Å². The van der Waals surface area contributed by atoms with Gasteiger partial charge in [-0.3, -0.25) is 9.79 Å². The molecule has 1 fully saturated rings. The van der Waals surface area contributed by atoms with E-state index in [0.29, 0.717) is 17.7 Å². The molecule has 2 aromatic carbocycles. The summed E-state index contributed by atoms with van der Waals surface area (Å²) in [6.45, 7) is 4.33. The highest BCUT2D eigenvalue weighted by molar-refractivity contribution is 6.11. The lowest BCUT2D eigenvalue weighted by Crippen LogP contribution is -2.39. The number of allylic oxidation sites excluding steroid dienone is 1. The normalized spacial score (nSPS) is 20.4. The molecule has 0 radical (unpaired) electrons. The monoisotopic (exact) mass is 431 g/mol. The van der Waals surface area contributed by atoms with Crippen LogP contribution in [0, 0.1) is 5.92 Å². The second-order valence-corrected chi connectivity index (χ2v) is 8.27. The number of rotatable bonds is 7. The van der Waals surface area contributed by atoms with Gasteiger partial charge in [0.2, 0.25) is 0 Å². The van der Waals surface area contributed by atoms with Gasteiger partial charge in [0.05, 0.1) is 11.5 Å². The van der Waals surface area contributed by atoms with Crippen LogP contribution in [0.3, 0.4) is 0 Å². The van der Waals surface area contributed by atoms with Crippen molar-refractivity contribution in [1.82, 2.24) is 0 Å². The third kappa shape index (κ3) is 4.67. The Morgan fingerprint density at radius 3 is 2.47 bits per heavy atom. The zero-order chi connectivity index (χ0) is 22.5. The van der Waals surface area contributed by atoms with Crippen LogP contribution >= 0.6 is 0 Å². The topological polar surface area (TPSA) is 65.0 Å². The van der Waals surface area contributed by atoms with Gasteiger partial charge in [-0.2, -0.15) is 0 Å². The van der Waals surface area contributed by atoms with Gasteiger partial charge in [-0.15, -0.1) is 0 Å². The summed E-state index contributed by atoms with van der Waals surface area (Å²) in [5, 5.41) is 0. The van der Waals surface area contributed by atoms with Crippen LogP contribution < -0.4 is 4.74 Å². The van der Waals surface area contributed by atoms with Gasteiger partial charge < -0.3 is 9.47 Å². The minimum atomic E-state index is -0.426. The highest BCUT2D eigenvalue weighted by Gasteiger charge is 2.43. The van der Waals surface area contributed by atoms with Gasteiger partial charge >= 0.3 is 5.97 Å². The maximum absolute atomic E-state index is 13.2. The molecular formula is C27H29NO4. The fourth-order valence-electron chi connectivity index (χ4n) is 4.59. The number of para-hydroxylation sites is 1. The Morgan fingerprint density at radius 1 is 1.00 bits per heavy atom. The summed E-state index contributed by atoms with van der Waals surface area (Å²) in [5.41, 5.74) is 4.20. The Bertz CT molecular complexity index is 1040. The molecule has 166 valence electrons. The van der Waals surface area contributed by atoms with Crippen LogP contribution in [0.5, 0.6) is 5.75 Å². The lowest BCUT2D eigenvalue weighted by molar-refractivity contribution is -0.140.